The topological polar surface area (TPSA) is 291 Å². The van der Waals surface area contributed by atoms with Crippen LogP contribution in [0.4, 0.5) is 5.69 Å². The number of carbonyl (C=O) groups excluding carboxylic acids is 3. The summed E-state index contributed by atoms with van der Waals surface area (Å²) < 4.78 is 40.4. The van der Waals surface area contributed by atoms with Crippen LogP contribution in [0.3, 0.4) is 0 Å². The highest BCUT2D eigenvalue weighted by atomic mass is 16.7. The largest absolute Gasteiger partial charge is 0.459 e. The van der Waals surface area contributed by atoms with Gasteiger partial charge in [0.25, 0.3) is 17.5 Å². The van der Waals surface area contributed by atoms with Crippen LogP contribution in [0.5, 0.6) is 0 Å². The average Bonchev–Trinajstić information content (AvgIpc) is 4.22. The van der Waals surface area contributed by atoms with E-state index >= 15 is 0 Å². The van der Waals surface area contributed by atoms with Crippen LogP contribution < -0.4 is 0 Å². The number of amides is 2. The molecule has 0 unspecified atom stereocenters. The lowest BCUT2D eigenvalue weighted by atomic mass is 9.77. The Morgan fingerprint density at radius 1 is 0.855 bits per heavy atom. The molecule has 5 heterocycles. The smallest absolute Gasteiger partial charge is 0.311 e. The predicted octanol–water partition coefficient (Wildman–Crippen LogP) is 4.70. The molecule has 23 heteroatoms. The molecule has 0 radical (unpaired) electrons. The van der Waals surface area contributed by atoms with Gasteiger partial charge in [0.15, 0.2) is 12.6 Å². The average molecular weight is 1170 g/mol. The maximum absolute atomic E-state index is 14.8. The number of rotatable bonds is 19. The second kappa shape index (κ2) is 27.6. The van der Waals surface area contributed by atoms with Gasteiger partial charge in [-0.2, -0.15) is 0 Å². The molecule has 7 rings (SSSR count). The Kier molecular flexibility index (Phi) is 21.9. The highest BCUT2D eigenvalue weighted by Crippen LogP contribution is 2.41. The number of fused-ring (bicyclic) bond motifs is 1. The SMILES string of the molecule is CC[C@H]1OC(=O)[C@H](C)[C@@H](O[C@H]2C[C@@](C)(OC)[C@@H](O)[C@H](C)O2)[C@H](C)[C@@H](O[C@@H]2O[C@H](C)C[C@H](N(C)CCc3cn(CCc4ccc([N+](=O)[O-])cc4)nn3)[C@H]2O)[C@](C)(O)C[C@@H](C)CN(CCCCN2C(=O)c3ccccc3C2=O)[C@H](C)[C@@H](O)[C@]1(C)O. The number of nitro groups is 1. The molecule has 0 saturated carbocycles. The Morgan fingerprint density at radius 3 is 2.13 bits per heavy atom. The lowest BCUT2D eigenvalue weighted by Crippen LogP contribution is -2.61. The number of nitro benzene ring substituents is 1. The number of aromatic nitrogens is 3. The monoisotopic (exact) mass is 1170 g/mol. The predicted molar refractivity (Wildman–Crippen MR) is 304 cm³/mol. The first kappa shape index (κ1) is 65.6. The fourth-order valence-corrected chi connectivity index (χ4v) is 12.9. The van der Waals surface area contributed by atoms with Crippen LogP contribution in [0.2, 0.25) is 0 Å². The van der Waals surface area contributed by atoms with Crippen LogP contribution in [-0.2, 0) is 52.6 Å². The van der Waals surface area contributed by atoms with Crippen LogP contribution in [0.15, 0.2) is 54.7 Å². The zero-order valence-corrected chi connectivity index (χ0v) is 50.4. The Hall–Kier alpha value is -4.89. The summed E-state index contributed by atoms with van der Waals surface area (Å²) in [6, 6.07) is 11.9. The number of aliphatic hydroxyl groups excluding tert-OH is 3. The number of carbonyl (C=O) groups is 3. The van der Waals surface area contributed by atoms with E-state index in [1.807, 2.05) is 36.9 Å². The van der Waals surface area contributed by atoms with Crippen molar-refractivity contribution in [3.05, 3.63) is 87.2 Å². The number of nitrogens with zero attached hydrogens (tertiary/aromatic N) is 7. The fraction of sp³-hybridized carbons (Fsp3) is 0.717. The summed E-state index contributed by atoms with van der Waals surface area (Å²) in [6.07, 6.45) is -6.29. The van der Waals surface area contributed by atoms with E-state index in [-0.39, 0.29) is 55.8 Å². The third kappa shape index (κ3) is 15.2. The van der Waals surface area contributed by atoms with Gasteiger partial charge in [-0.3, -0.25) is 39.0 Å². The number of aryl methyl sites for hydroxylation is 2. The first-order valence-corrected chi connectivity index (χ1v) is 29.5. The number of likely N-dealkylation sites (N-methyl/N-ethyl adjacent to an activating group) is 1. The van der Waals surface area contributed by atoms with Crippen molar-refractivity contribution in [1.82, 2.24) is 29.7 Å². The Balaban J connectivity index is 1.15. The highest BCUT2D eigenvalue weighted by molar-refractivity contribution is 6.21. The molecule has 3 aromatic rings. The first-order chi connectivity index (χ1) is 39.1. The Morgan fingerprint density at radius 2 is 1.51 bits per heavy atom. The number of methoxy groups -OCH3 is 1. The summed E-state index contributed by atoms with van der Waals surface area (Å²) in [5.74, 6) is -3.86. The van der Waals surface area contributed by atoms with Gasteiger partial charge < -0.3 is 58.9 Å². The number of aliphatic hydroxyl groups is 5. The van der Waals surface area contributed by atoms with Crippen molar-refractivity contribution in [2.45, 2.75) is 217 Å². The third-order valence-electron chi connectivity index (χ3n) is 18.0. The first-order valence-electron chi connectivity index (χ1n) is 29.5. The minimum Gasteiger partial charge on any atom is -0.459 e. The fourth-order valence-electron chi connectivity index (χ4n) is 12.9. The van der Waals surface area contributed by atoms with Crippen molar-refractivity contribution in [2.75, 3.05) is 40.3 Å². The van der Waals surface area contributed by atoms with Gasteiger partial charge in [0.05, 0.1) is 63.3 Å². The number of imide groups is 1. The molecule has 0 bridgehead atoms. The van der Waals surface area contributed by atoms with Gasteiger partial charge >= 0.3 is 5.97 Å². The van der Waals surface area contributed by atoms with Crippen LogP contribution in [0.1, 0.15) is 140 Å². The number of ether oxygens (including phenoxy) is 6. The quantitative estimate of drug-likeness (QED) is 0.0357. The van der Waals surface area contributed by atoms with Gasteiger partial charge in [-0.25, -0.2) is 0 Å². The van der Waals surface area contributed by atoms with Crippen molar-refractivity contribution < 1.29 is 73.3 Å². The molecule has 0 spiro atoms. The second-order valence-corrected chi connectivity index (χ2v) is 24.6. The molecule has 2 amide bonds. The van der Waals surface area contributed by atoms with Crippen molar-refractivity contribution >= 4 is 23.5 Å². The van der Waals surface area contributed by atoms with E-state index in [0.29, 0.717) is 62.9 Å². The standard InChI is InChI=1S/C60H91N7O16/c1-13-47-60(10,75)51(69)39(6)64(26-16-17-27-66-54(71)44-18-14-15-19-45(44)55(66)72)33-35(2)31-58(8,74)53(37(4)50(38(5)56(73)81-47)82-48-32-59(9,78-12)52(70)40(7)80-48)83-57-49(68)46(30-36(3)79-57)63(11)28-25-42-34-65(62-61-42)29-24-41-20-22-43(23-21-41)67(76)77/h14-15,18-23,34-40,46-53,57,68-70,74-75H,13,16-17,24-33H2,1-12H3/t35-,36-,37+,38-,39-,40+,46+,47-,48+,49-,50+,51-,52+,53-,57+,58-,59-,60-/m1/s1. The lowest BCUT2D eigenvalue weighted by molar-refractivity contribution is -0.384. The third-order valence-corrected chi connectivity index (χ3v) is 18.0. The lowest BCUT2D eigenvalue weighted by Gasteiger charge is -2.49. The van der Waals surface area contributed by atoms with Crippen LogP contribution >= 0.6 is 0 Å². The van der Waals surface area contributed by atoms with E-state index in [4.69, 9.17) is 28.4 Å². The number of hydrogen-bond donors (Lipinski definition) is 5. The minimum absolute atomic E-state index is 0.0236. The van der Waals surface area contributed by atoms with Gasteiger partial charge in [-0.05, 0) is 124 Å². The molecular weight excluding hydrogens is 1070 g/mol. The van der Waals surface area contributed by atoms with E-state index in [2.05, 4.69) is 10.3 Å². The van der Waals surface area contributed by atoms with Crippen LogP contribution in [-0.4, -0.2) is 209 Å². The van der Waals surface area contributed by atoms with E-state index < -0.39 is 113 Å². The van der Waals surface area contributed by atoms with Gasteiger partial charge in [-0.1, -0.05) is 50.3 Å². The number of benzene rings is 2. The van der Waals surface area contributed by atoms with Gasteiger partial charge in [0.2, 0.25) is 0 Å². The molecule has 2 aromatic carbocycles. The molecule has 3 fully saturated rings. The summed E-state index contributed by atoms with van der Waals surface area (Å²) in [7, 11) is 3.38. The maximum atomic E-state index is 14.8. The van der Waals surface area contributed by atoms with Crippen LogP contribution in [0.25, 0.3) is 0 Å². The van der Waals surface area contributed by atoms with Gasteiger partial charge in [0, 0.05) is 82.5 Å². The maximum Gasteiger partial charge on any atom is 0.311 e. The Bertz CT molecular complexity index is 2620. The number of unbranched alkanes of at least 4 members (excludes halogenated alkanes) is 1. The molecule has 462 valence electrons. The molecule has 4 aliphatic rings. The van der Waals surface area contributed by atoms with Crippen molar-refractivity contribution in [1.29, 1.82) is 0 Å². The molecule has 4 aliphatic heterocycles. The summed E-state index contributed by atoms with van der Waals surface area (Å²) in [4.78, 5) is 57.3. The number of non-ortho nitro benzene ring substituents is 1. The van der Waals surface area contributed by atoms with E-state index in [1.165, 1.54) is 31.1 Å². The summed E-state index contributed by atoms with van der Waals surface area (Å²) in [6.45, 7) is 19.1. The molecular formula is C60H91N7O16. The second-order valence-electron chi connectivity index (χ2n) is 24.6. The van der Waals surface area contributed by atoms with E-state index in [1.54, 1.807) is 89.5 Å². The molecule has 18 atom stereocenters. The molecule has 3 saturated heterocycles. The van der Waals surface area contributed by atoms with Crippen LogP contribution in [0, 0.1) is 27.9 Å². The summed E-state index contributed by atoms with van der Waals surface area (Å²) in [5.41, 5.74) is -2.45. The van der Waals surface area contributed by atoms with Crippen molar-refractivity contribution in [2.24, 2.45) is 17.8 Å². The highest BCUT2D eigenvalue weighted by Gasteiger charge is 2.53. The van der Waals surface area contributed by atoms with Gasteiger partial charge in [0.1, 0.15) is 30.0 Å². The number of cyclic esters (lactones) is 1. The minimum atomic E-state index is -1.98. The summed E-state index contributed by atoms with van der Waals surface area (Å²) >= 11 is 0. The zero-order chi connectivity index (χ0) is 60.9. The van der Waals surface area contributed by atoms with E-state index in [0.717, 1.165) is 11.3 Å². The molecule has 1 aromatic heterocycles. The normalized spacial score (nSPS) is 36.1. The molecule has 23 nitrogen and oxygen atoms in total. The number of hydrogen-bond acceptors (Lipinski definition) is 20. The zero-order valence-electron chi connectivity index (χ0n) is 50.4. The summed E-state index contributed by atoms with van der Waals surface area (Å²) in [5, 5.41) is 81.1. The van der Waals surface area contributed by atoms with Gasteiger partial charge in [-0.15, -0.1) is 5.10 Å². The van der Waals surface area contributed by atoms with E-state index in [9.17, 15) is 50.0 Å². The Labute approximate surface area is 487 Å². The van der Waals surface area contributed by atoms with Crippen molar-refractivity contribution in [3.63, 3.8) is 0 Å². The molecule has 83 heavy (non-hydrogen) atoms. The number of esters is 1. The molecule has 5 N–H and O–H groups in total. The molecule has 0 aliphatic carbocycles. The van der Waals surface area contributed by atoms with Crippen molar-refractivity contribution in [3.8, 4) is 0 Å².